The SMILES string of the molecule is O=C(Cc1ccco1)Nc1nnc(CCCc2nnc(NC(=O)Cc3ccco3)s2)s1. The molecule has 0 unspecified atom stereocenters. The Hall–Kier alpha value is -3.38. The highest BCUT2D eigenvalue weighted by Gasteiger charge is 2.12. The fraction of sp³-hybridized carbons (Fsp3) is 0.263. The highest BCUT2D eigenvalue weighted by Crippen LogP contribution is 2.20. The summed E-state index contributed by atoms with van der Waals surface area (Å²) in [5.41, 5.74) is 0. The van der Waals surface area contributed by atoms with Crippen LogP contribution in [0.4, 0.5) is 10.3 Å². The Balaban J connectivity index is 1.18. The standard InChI is InChI=1S/C19H18N6O4S2/c26-14(10-12-4-2-8-28-12)20-18-24-22-16(30-18)6-1-7-17-23-25-19(31-17)21-15(27)11-13-5-3-9-29-13/h2-5,8-9H,1,6-7,10-11H2,(H,20,24,26)(H,21,25,27). The van der Waals surface area contributed by atoms with Crippen LogP contribution in [-0.2, 0) is 35.3 Å². The molecule has 2 N–H and O–H groups in total. The average molecular weight is 459 g/mol. The van der Waals surface area contributed by atoms with Crippen LogP contribution in [0.15, 0.2) is 45.6 Å². The molecule has 12 heteroatoms. The Morgan fingerprint density at radius 2 is 1.26 bits per heavy atom. The van der Waals surface area contributed by atoms with Crippen LogP contribution in [0.3, 0.4) is 0 Å². The van der Waals surface area contributed by atoms with Crippen LogP contribution in [0.25, 0.3) is 0 Å². The van der Waals surface area contributed by atoms with Crippen LogP contribution in [0.5, 0.6) is 0 Å². The quantitative estimate of drug-likeness (QED) is 0.370. The second-order valence-electron chi connectivity index (χ2n) is 6.46. The minimum atomic E-state index is -0.201. The number of nitrogens with one attached hydrogen (secondary N) is 2. The number of hydrogen-bond donors (Lipinski definition) is 2. The van der Waals surface area contributed by atoms with Gasteiger partial charge in [0.2, 0.25) is 22.1 Å². The Labute approximate surface area is 184 Å². The Morgan fingerprint density at radius 3 is 1.68 bits per heavy atom. The van der Waals surface area contributed by atoms with Gasteiger partial charge in [0.05, 0.1) is 25.4 Å². The molecule has 0 aliphatic heterocycles. The molecule has 0 bridgehead atoms. The van der Waals surface area contributed by atoms with Crippen LogP contribution >= 0.6 is 22.7 Å². The van der Waals surface area contributed by atoms with Crippen molar-refractivity contribution >= 4 is 44.8 Å². The van der Waals surface area contributed by atoms with E-state index in [0.717, 1.165) is 16.4 Å². The third-order valence-corrected chi connectivity index (χ3v) is 5.83. The van der Waals surface area contributed by atoms with Crippen molar-refractivity contribution in [3.05, 3.63) is 58.3 Å². The lowest BCUT2D eigenvalue weighted by Crippen LogP contribution is -2.13. The van der Waals surface area contributed by atoms with E-state index in [1.165, 1.54) is 35.2 Å². The summed E-state index contributed by atoms with van der Waals surface area (Å²) < 4.78 is 10.3. The molecule has 0 aliphatic carbocycles. The predicted octanol–water partition coefficient (Wildman–Crippen LogP) is 3.11. The number of hydrogen-bond acceptors (Lipinski definition) is 10. The van der Waals surface area contributed by atoms with E-state index < -0.39 is 0 Å². The summed E-state index contributed by atoms with van der Waals surface area (Å²) in [6.07, 6.45) is 5.56. The molecule has 160 valence electrons. The van der Waals surface area contributed by atoms with E-state index in [9.17, 15) is 9.59 Å². The van der Waals surface area contributed by atoms with Crippen molar-refractivity contribution in [3.8, 4) is 0 Å². The maximum Gasteiger partial charge on any atom is 0.233 e. The molecule has 0 aromatic carbocycles. The molecule has 4 heterocycles. The van der Waals surface area contributed by atoms with Gasteiger partial charge in [0.1, 0.15) is 21.5 Å². The maximum absolute atomic E-state index is 12.0. The van der Waals surface area contributed by atoms with Gasteiger partial charge in [-0.15, -0.1) is 20.4 Å². The molecule has 4 aromatic heterocycles. The predicted molar refractivity (Wildman–Crippen MR) is 114 cm³/mol. The molecule has 0 aliphatic rings. The third-order valence-electron chi connectivity index (χ3n) is 4.04. The summed E-state index contributed by atoms with van der Waals surface area (Å²) in [5.74, 6) is 0.785. The second-order valence-corrected chi connectivity index (χ2v) is 8.59. The lowest BCUT2D eigenvalue weighted by molar-refractivity contribution is -0.116. The second kappa shape index (κ2) is 10.1. The van der Waals surface area contributed by atoms with E-state index in [1.807, 2.05) is 0 Å². The molecule has 0 fully saturated rings. The Bertz CT molecular complexity index is 1030. The lowest BCUT2D eigenvalue weighted by Gasteiger charge is -1.98. The van der Waals surface area contributed by atoms with Crippen molar-refractivity contribution in [1.82, 2.24) is 20.4 Å². The fourth-order valence-electron chi connectivity index (χ4n) is 2.67. The van der Waals surface area contributed by atoms with Crippen molar-refractivity contribution in [1.29, 1.82) is 0 Å². The molecule has 0 atom stereocenters. The minimum absolute atomic E-state index is 0.152. The van der Waals surface area contributed by atoms with Crippen molar-refractivity contribution in [2.75, 3.05) is 10.6 Å². The maximum atomic E-state index is 12.0. The molecule has 0 radical (unpaired) electrons. The molecular formula is C19H18N6O4S2. The first-order valence-electron chi connectivity index (χ1n) is 9.43. The molecule has 0 spiro atoms. The number of amides is 2. The first kappa shape index (κ1) is 20.9. The summed E-state index contributed by atoms with van der Waals surface area (Å²) in [7, 11) is 0. The average Bonchev–Trinajstić information content (AvgIpc) is 3.51. The van der Waals surface area contributed by atoms with E-state index in [2.05, 4.69) is 31.0 Å². The van der Waals surface area contributed by atoms with Crippen molar-refractivity contribution < 1.29 is 18.4 Å². The van der Waals surface area contributed by atoms with Gasteiger partial charge in [-0.05, 0) is 30.7 Å². The summed E-state index contributed by atoms with van der Waals surface area (Å²) in [6.45, 7) is 0. The van der Waals surface area contributed by atoms with Gasteiger partial charge in [-0.1, -0.05) is 22.7 Å². The van der Waals surface area contributed by atoms with E-state index in [1.54, 1.807) is 24.3 Å². The summed E-state index contributed by atoms with van der Waals surface area (Å²) >= 11 is 2.68. The zero-order valence-corrected chi connectivity index (χ0v) is 17.9. The summed E-state index contributed by atoms with van der Waals surface area (Å²) in [5, 5.41) is 24.2. The first-order valence-corrected chi connectivity index (χ1v) is 11.1. The van der Waals surface area contributed by atoms with Crippen LogP contribution in [-0.4, -0.2) is 32.2 Å². The van der Waals surface area contributed by atoms with Crippen LogP contribution in [0.2, 0.25) is 0 Å². The van der Waals surface area contributed by atoms with Gasteiger partial charge in [0, 0.05) is 12.8 Å². The van der Waals surface area contributed by atoms with Gasteiger partial charge in [-0.3, -0.25) is 9.59 Å². The van der Waals surface area contributed by atoms with Gasteiger partial charge in [-0.25, -0.2) is 0 Å². The largest absolute Gasteiger partial charge is 0.469 e. The van der Waals surface area contributed by atoms with Gasteiger partial charge in [-0.2, -0.15) is 0 Å². The number of carbonyl (C=O) groups excluding carboxylic acids is 2. The third kappa shape index (κ3) is 6.30. The minimum Gasteiger partial charge on any atom is -0.469 e. The molecule has 4 aromatic rings. The van der Waals surface area contributed by atoms with Gasteiger partial charge in [0.25, 0.3) is 0 Å². The number of rotatable bonds is 10. The first-order chi connectivity index (χ1) is 15.1. The van der Waals surface area contributed by atoms with E-state index >= 15 is 0 Å². The van der Waals surface area contributed by atoms with E-state index in [-0.39, 0.29) is 24.7 Å². The molecule has 2 amide bonds. The number of aryl methyl sites for hydroxylation is 2. The smallest absolute Gasteiger partial charge is 0.233 e. The zero-order chi connectivity index (χ0) is 21.5. The highest BCUT2D eigenvalue weighted by atomic mass is 32.1. The van der Waals surface area contributed by atoms with E-state index in [0.29, 0.717) is 34.6 Å². The summed E-state index contributed by atoms with van der Waals surface area (Å²) in [6, 6.07) is 6.96. The van der Waals surface area contributed by atoms with Crippen LogP contribution < -0.4 is 10.6 Å². The van der Waals surface area contributed by atoms with Crippen molar-refractivity contribution in [2.45, 2.75) is 32.1 Å². The van der Waals surface area contributed by atoms with Gasteiger partial charge >= 0.3 is 0 Å². The number of carbonyl (C=O) groups is 2. The molecule has 10 nitrogen and oxygen atoms in total. The topological polar surface area (TPSA) is 136 Å². The number of aromatic nitrogens is 4. The lowest BCUT2D eigenvalue weighted by atomic mass is 10.2. The normalized spacial score (nSPS) is 10.8. The zero-order valence-electron chi connectivity index (χ0n) is 16.2. The van der Waals surface area contributed by atoms with Gasteiger partial charge < -0.3 is 19.5 Å². The molecular weight excluding hydrogens is 440 g/mol. The van der Waals surface area contributed by atoms with Crippen molar-refractivity contribution in [3.63, 3.8) is 0 Å². The number of nitrogens with zero attached hydrogens (tertiary/aromatic N) is 4. The molecule has 0 saturated carbocycles. The van der Waals surface area contributed by atoms with Crippen molar-refractivity contribution in [2.24, 2.45) is 0 Å². The molecule has 4 rings (SSSR count). The monoisotopic (exact) mass is 458 g/mol. The Kier molecular flexibility index (Phi) is 6.79. The number of furan rings is 2. The fourth-order valence-corrected chi connectivity index (χ4v) is 4.27. The summed E-state index contributed by atoms with van der Waals surface area (Å²) in [4.78, 5) is 23.9. The van der Waals surface area contributed by atoms with Crippen LogP contribution in [0, 0.1) is 0 Å². The van der Waals surface area contributed by atoms with Crippen LogP contribution in [0.1, 0.15) is 28.0 Å². The van der Waals surface area contributed by atoms with E-state index in [4.69, 9.17) is 8.83 Å². The number of anilines is 2. The van der Waals surface area contributed by atoms with Gasteiger partial charge in [0.15, 0.2) is 0 Å². The Morgan fingerprint density at radius 1 is 0.774 bits per heavy atom. The molecule has 0 saturated heterocycles. The molecule has 31 heavy (non-hydrogen) atoms. The highest BCUT2D eigenvalue weighted by molar-refractivity contribution is 7.15.